The summed E-state index contributed by atoms with van der Waals surface area (Å²) in [7, 11) is 0. The molecule has 0 unspecified atom stereocenters. The van der Waals surface area contributed by atoms with Crippen LogP contribution in [0.3, 0.4) is 0 Å². The monoisotopic (exact) mass is 278 g/mol. The first-order valence-corrected chi connectivity index (χ1v) is 7.38. The molecule has 0 bridgehead atoms. The molecule has 0 amide bonds. The standard InChI is InChI=1S/C17H27FN2/c1-5-9-20(6-2)13-16-10-15(7-8-17(16)18)12-19-11-14(3)4/h5,7-8,10,14,19H,1,6,9,11-13H2,2-4H3. The number of nitrogens with one attached hydrogen (secondary N) is 1. The molecule has 1 aromatic carbocycles. The van der Waals surface area contributed by atoms with Crippen LogP contribution in [0.4, 0.5) is 4.39 Å². The first kappa shape index (κ1) is 16.9. The topological polar surface area (TPSA) is 15.3 Å². The van der Waals surface area contributed by atoms with Gasteiger partial charge in [0.05, 0.1) is 0 Å². The van der Waals surface area contributed by atoms with Gasteiger partial charge in [0, 0.05) is 25.2 Å². The number of nitrogens with zero attached hydrogens (tertiary/aromatic N) is 1. The first-order valence-electron chi connectivity index (χ1n) is 7.38. The Morgan fingerprint density at radius 3 is 2.75 bits per heavy atom. The van der Waals surface area contributed by atoms with E-state index in [4.69, 9.17) is 0 Å². The minimum atomic E-state index is -0.125. The van der Waals surface area contributed by atoms with E-state index in [1.165, 1.54) is 0 Å². The Kier molecular flexibility index (Phi) is 7.48. The molecule has 0 saturated heterocycles. The van der Waals surface area contributed by atoms with Crippen LogP contribution in [0.2, 0.25) is 0 Å². The van der Waals surface area contributed by atoms with Crippen molar-refractivity contribution in [1.29, 1.82) is 0 Å². The normalized spacial score (nSPS) is 11.3. The molecule has 0 aliphatic rings. The van der Waals surface area contributed by atoms with Crippen molar-refractivity contribution in [2.24, 2.45) is 5.92 Å². The summed E-state index contributed by atoms with van der Waals surface area (Å²) in [5.41, 5.74) is 1.90. The Morgan fingerprint density at radius 2 is 2.15 bits per heavy atom. The van der Waals surface area contributed by atoms with Crippen molar-refractivity contribution < 1.29 is 4.39 Å². The predicted molar refractivity (Wildman–Crippen MR) is 84.1 cm³/mol. The van der Waals surface area contributed by atoms with Crippen LogP contribution in [0.15, 0.2) is 30.9 Å². The van der Waals surface area contributed by atoms with Gasteiger partial charge < -0.3 is 5.32 Å². The highest BCUT2D eigenvalue weighted by atomic mass is 19.1. The summed E-state index contributed by atoms with van der Waals surface area (Å²) < 4.78 is 13.9. The van der Waals surface area contributed by atoms with Crippen molar-refractivity contribution in [3.05, 3.63) is 47.8 Å². The Labute approximate surface area is 122 Å². The lowest BCUT2D eigenvalue weighted by molar-refractivity contribution is 0.306. The molecule has 0 aromatic heterocycles. The third-order valence-corrected chi connectivity index (χ3v) is 3.22. The van der Waals surface area contributed by atoms with Crippen LogP contribution >= 0.6 is 0 Å². The van der Waals surface area contributed by atoms with Crippen molar-refractivity contribution in [1.82, 2.24) is 10.2 Å². The van der Waals surface area contributed by atoms with Crippen LogP contribution in [0, 0.1) is 11.7 Å². The predicted octanol–water partition coefficient (Wildman–Crippen LogP) is 3.58. The molecule has 20 heavy (non-hydrogen) atoms. The molecule has 1 N–H and O–H groups in total. The van der Waals surface area contributed by atoms with Gasteiger partial charge in [-0.3, -0.25) is 4.90 Å². The van der Waals surface area contributed by atoms with Crippen molar-refractivity contribution in [2.75, 3.05) is 19.6 Å². The second kappa shape index (κ2) is 8.88. The van der Waals surface area contributed by atoms with E-state index in [1.54, 1.807) is 6.07 Å². The maximum atomic E-state index is 13.9. The summed E-state index contributed by atoms with van der Waals surface area (Å²) in [6.07, 6.45) is 1.86. The zero-order valence-electron chi connectivity index (χ0n) is 13.0. The number of hydrogen-bond donors (Lipinski definition) is 1. The summed E-state index contributed by atoms with van der Waals surface area (Å²) in [5.74, 6) is 0.498. The number of halogens is 1. The molecule has 1 rings (SSSR count). The zero-order valence-corrected chi connectivity index (χ0v) is 13.0. The zero-order chi connectivity index (χ0) is 15.0. The van der Waals surface area contributed by atoms with Gasteiger partial charge in [-0.15, -0.1) is 6.58 Å². The Morgan fingerprint density at radius 1 is 1.40 bits per heavy atom. The maximum Gasteiger partial charge on any atom is 0.127 e. The van der Waals surface area contributed by atoms with E-state index < -0.39 is 0 Å². The summed E-state index contributed by atoms with van der Waals surface area (Å²) in [6.45, 7) is 14.2. The van der Waals surface area contributed by atoms with Crippen molar-refractivity contribution in [3.63, 3.8) is 0 Å². The molecule has 0 saturated carbocycles. The van der Waals surface area contributed by atoms with E-state index in [0.29, 0.717) is 12.5 Å². The molecule has 0 heterocycles. The lowest BCUT2D eigenvalue weighted by Crippen LogP contribution is -2.23. The largest absolute Gasteiger partial charge is 0.312 e. The number of likely N-dealkylation sites (N-methyl/N-ethyl adjacent to an activating group) is 1. The van der Waals surface area contributed by atoms with Gasteiger partial charge in [-0.25, -0.2) is 4.39 Å². The molecule has 2 nitrogen and oxygen atoms in total. The fourth-order valence-corrected chi connectivity index (χ4v) is 2.09. The third kappa shape index (κ3) is 5.85. The highest BCUT2D eigenvalue weighted by molar-refractivity contribution is 5.25. The van der Waals surface area contributed by atoms with Gasteiger partial charge >= 0.3 is 0 Å². The van der Waals surface area contributed by atoms with Gasteiger partial charge in [-0.2, -0.15) is 0 Å². The fraction of sp³-hybridized carbons (Fsp3) is 0.529. The van der Waals surface area contributed by atoms with Gasteiger partial charge in [0.25, 0.3) is 0 Å². The second-order valence-corrected chi connectivity index (χ2v) is 5.57. The van der Waals surface area contributed by atoms with Crippen molar-refractivity contribution >= 4 is 0 Å². The van der Waals surface area contributed by atoms with Crippen LogP contribution in [0.1, 0.15) is 31.9 Å². The molecule has 0 atom stereocenters. The van der Waals surface area contributed by atoms with E-state index in [0.717, 1.165) is 37.3 Å². The van der Waals surface area contributed by atoms with Crippen LogP contribution < -0.4 is 5.32 Å². The molecule has 0 aliphatic heterocycles. The Bertz CT molecular complexity index is 415. The minimum absolute atomic E-state index is 0.125. The second-order valence-electron chi connectivity index (χ2n) is 5.57. The molecule has 112 valence electrons. The summed E-state index contributed by atoms with van der Waals surface area (Å²) >= 11 is 0. The molecular formula is C17H27FN2. The van der Waals surface area contributed by atoms with Gasteiger partial charge in [0.2, 0.25) is 0 Å². The smallest absolute Gasteiger partial charge is 0.127 e. The number of hydrogen-bond acceptors (Lipinski definition) is 2. The molecule has 0 aliphatic carbocycles. The fourth-order valence-electron chi connectivity index (χ4n) is 2.09. The third-order valence-electron chi connectivity index (χ3n) is 3.22. The average molecular weight is 278 g/mol. The van der Waals surface area contributed by atoms with E-state index in [9.17, 15) is 4.39 Å². The highest BCUT2D eigenvalue weighted by Crippen LogP contribution is 2.13. The molecule has 0 spiro atoms. The van der Waals surface area contributed by atoms with Gasteiger partial charge in [0.1, 0.15) is 5.82 Å². The van der Waals surface area contributed by atoms with Gasteiger partial charge in [-0.05, 0) is 30.6 Å². The molecule has 0 radical (unpaired) electrons. The Hall–Kier alpha value is -1.19. The summed E-state index contributed by atoms with van der Waals surface area (Å²) in [6, 6.07) is 5.40. The van der Waals surface area contributed by atoms with Crippen LogP contribution in [0.5, 0.6) is 0 Å². The minimum Gasteiger partial charge on any atom is -0.312 e. The number of rotatable bonds is 9. The summed E-state index contributed by atoms with van der Waals surface area (Å²) in [4.78, 5) is 2.16. The lowest BCUT2D eigenvalue weighted by Gasteiger charge is -2.19. The van der Waals surface area contributed by atoms with Crippen LogP contribution in [-0.4, -0.2) is 24.5 Å². The molecular weight excluding hydrogens is 251 g/mol. The average Bonchev–Trinajstić information content (AvgIpc) is 2.41. The van der Waals surface area contributed by atoms with Crippen molar-refractivity contribution in [3.8, 4) is 0 Å². The Balaban J connectivity index is 2.67. The van der Waals surface area contributed by atoms with E-state index in [2.05, 4.69) is 37.6 Å². The maximum absolute atomic E-state index is 13.9. The first-order chi connectivity index (χ1) is 9.56. The molecule has 0 fully saturated rings. The van der Waals surface area contributed by atoms with Crippen LogP contribution in [0.25, 0.3) is 0 Å². The van der Waals surface area contributed by atoms with E-state index in [1.807, 2.05) is 18.2 Å². The summed E-state index contributed by atoms with van der Waals surface area (Å²) in [5, 5.41) is 3.39. The van der Waals surface area contributed by atoms with Crippen molar-refractivity contribution in [2.45, 2.75) is 33.9 Å². The molecule has 1 aromatic rings. The van der Waals surface area contributed by atoms with Gasteiger partial charge in [0.15, 0.2) is 0 Å². The number of benzene rings is 1. The van der Waals surface area contributed by atoms with E-state index >= 15 is 0 Å². The van der Waals surface area contributed by atoms with E-state index in [-0.39, 0.29) is 5.82 Å². The SMILES string of the molecule is C=CCN(CC)Cc1cc(CNCC(C)C)ccc1F. The van der Waals surface area contributed by atoms with Crippen LogP contribution in [-0.2, 0) is 13.1 Å². The molecule has 3 heteroatoms. The van der Waals surface area contributed by atoms with Gasteiger partial charge in [-0.1, -0.05) is 39.0 Å². The highest BCUT2D eigenvalue weighted by Gasteiger charge is 2.08. The quantitative estimate of drug-likeness (QED) is 0.695. The lowest BCUT2D eigenvalue weighted by atomic mass is 10.1.